The summed E-state index contributed by atoms with van der Waals surface area (Å²) in [5.41, 5.74) is 6.34. The molecule has 8 heteroatoms. The first-order valence-electron chi connectivity index (χ1n) is 12.3. The molecule has 0 bridgehead atoms. The quantitative estimate of drug-likeness (QED) is 0.575. The van der Waals surface area contributed by atoms with Crippen molar-refractivity contribution in [2.24, 2.45) is 0 Å². The molecule has 0 radical (unpaired) electrons. The van der Waals surface area contributed by atoms with Crippen molar-refractivity contribution in [3.05, 3.63) is 86.8 Å². The summed E-state index contributed by atoms with van der Waals surface area (Å²) in [6.07, 6.45) is 0.151. The molecule has 1 saturated heterocycles. The number of benzene rings is 2. The minimum atomic E-state index is -0.402. The number of carbonyl (C=O) groups excluding carboxylic acids is 2. The first-order valence-corrected chi connectivity index (χ1v) is 12.3. The van der Waals surface area contributed by atoms with Crippen LogP contribution in [0.4, 0.5) is 11.4 Å². The number of piperazine rings is 1. The highest BCUT2D eigenvalue weighted by atomic mass is 16.2. The molecule has 1 fully saturated rings. The third kappa shape index (κ3) is 5.82. The van der Waals surface area contributed by atoms with Gasteiger partial charge in [0.2, 0.25) is 5.91 Å². The van der Waals surface area contributed by atoms with E-state index < -0.39 is 5.91 Å². The highest BCUT2D eigenvalue weighted by Gasteiger charge is 2.22. The van der Waals surface area contributed by atoms with E-state index in [0.717, 1.165) is 24.2 Å². The molecular formula is C28H33N5O3. The Balaban J connectivity index is 1.33. The molecule has 2 aromatic carbocycles. The largest absolute Gasteiger partial charge is 0.368 e. The number of amides is 2. The monoisotopic (exact) mass is 487 g/mol. The summed E-state index contributed by atoms with van der Waals surface area (Å²) in [7, 11) is 0. The standard InChI is InChI=1S/C28H33N5O3/c1-19-5-9-25(22(4)17-19)31-13-15-32(16-14-31)26(34)11-12-33-27(35)10-8-24(30-33)28(36)29-23-7-6-20(2)21(3)18-23/h5-10,17-18H,11-16H2,1-4H3,(H,29,36). The minimum Gasteiger partial charge on any atom is -0.368 e. The van der Waals surface area contributed by atoms with E-state index in [-0.39, 0.29) is 30.1 Å². The van der Waals surface area contributed by atoms with E-state index in [9.17, 15) is 14.4 Å². The van der Waals surface area contributed by atoms with Crippen LogP contribution in [0, 0.1) is 27.7 Å². The lowest BCUT2D eigenvalue weighted by molar-refractivity contribution is -0.131. The Morgan fingerprint density at radius 3 is 2.31 bits per heavy atom. The number of nitrogens with one attached hydrogen (secondary N) is 1. The summed E-state index contributed by atoms with van der Waals surface area (Å²) in [6.45, 7) is 11.1. The van der Waals surface area contributed by atoms with Gasteiger partial charge in [0.1, 0.15) is 5.69 Å². The highest BCUT2D eigenvalue weighted by Crippen LogP contribution is 2.22. The van der Waals surface area contributed by atoms with Crippen molar-refractivity contribution in [3.8, 4) is 0 Å². The number of nitrogens with zero attached hydrogens (tertiary/aromatic N) is 4. The number of rotatable bonds is 6. The summed E-state index contributed by atoms with van der Waals surface area (Å²) >= 11 is 0. The second kappa shape index (κ2) is 10.8. The number of carbonyl (C=O) groups is 2. The summed E-state index contributed by atoms with van der Waals surface area (Å²) < 4.78 is 1.19. The van der Waals surface area contributed by atoms with Gasteiger partial charge in [0.25, 0.3) is 11.5 Å². The van der Waals surface area contributed by atoms with Crippen molar-refractivity contribution in [2.75, 3.05) is 36.4 Å². The van der Waals surface area contributed by atoms with Gasteiger partial charge in [0.05, 0.1) is 6.54 Å². The zero-order chi connectivity index (χ0) is 25.8. The maximum absolute atomic E-state index is 12.8. The lowest BCUT2D eigenvalue weighted by Crippen LogP contribution is -2.49. The fraction of sp³-hybridized carbons (Fsp3) is 0.357. The SMILES string of the molecule is Cc1ccc(N2CCN(C(=O)CCn3nc(C(=O)Nc4ccc(C)c(C)c4)ccc3=O)CC2)c(C)c1. The molecule has 1 aromatic heterocycles. The van der Waals surface area contributed by atoms with Crippen molar-refractivity contribution in [2.45, 2.75) is 40.7 Å². The van der Waals surface area contributed by atoms with Crippen LogP contribution >= 0.6 is 0 Å². The first kappa shape index (κ1) is 25.2. The third-order valence-electron chi connectivity index (χ3n) is 6.73. The van der Waals surface area contributed by atoms with Gasteiger partial charge in [-0.25, -0.2) is 4.68 Å². The molecule has 1 N–H and O–H groups in total. The van der Waals surface area contributed by atoms with Crippen molar-refractivity contribution in [1.29, 1.82) is 0 Å². The molecule has 0 unspecified atom stereocenters. The summed E-state index contributed by atoms with van der Waals surface area (Å²) in [4.78, 5) is 42.0. The molecule has 2 heterocycles. The lowest BCUT2D eigenvalue weighted by Gasteiger charge is -2.37. The second-order valence-corrected chi connectivity index (χ2v) is 9.44. The smallest absolute Gasteiger partial charge is 0.276 e. The Bertz CT molecular complexity index is 1340. The fourth-order valence-electron chi connectivity index (χ4n) is 4.46. The molecule has 8 nitrogen and oxygen atoms in total. The molecule has 0 spiro atoms. The van der Waals surface area contributed by atoms with Gasteiger partial charge in [-0.3, -0.25) is 14.4 Å². The third-order valence-corrected chi connectivity index (χ3v) is 6.73. The van der Waals surface area contributed by atoms with Crippen LogP contribution in [0.15, 0.2) is 53.3 Å². The Morgan fingerprint density at radius 2 is 1.61 bits per heavy atom. The van der Waals surface area contributed by atoms with Crippen molar-refractivity contribution < 1.29 is 9.59 Å². The summed E-state index contributed by atoms with van der Waals surface area (Å²) in [5, 5.41) is 7.02. The maximum Gasteiger partial charge on any atom is 0.276 e. The average molecular weight is 488 g/mol. The Hall–Kier alpha value is -3.94. The number of aryl methyl sites for hydroxylation is 5. The number of aromatic nitrogens is 2. The first-order chi connectivity index (χ1) is 17.2. The van der Waals surface area contributed by atoms with Crippen LogP contribution in [0.1, 0.15) is 39.2 Å². The predicted molar refractivity (Wildman–Crippen MR) is 142 cm³/mol. The van der Waals surface area contributed by atoms with Gasteiger partial charge in [0, 0.05) is 50.0 Å². The lowest BCUT2D eigenvalue weighted by atomic mass is 10.1. The van der Waals surface area contributed by atoms with E-state index in [2.05, 4.69) is 47.4 Å². The molecule has 0 atom stereocenters. The van der Waals surface area contributed by atoms with Gasteiger partial charge < -0.3 is 15.1 Å². The van der Waals surface area contributed by atoms with E-state index in [1.165, 1.54) is 33.6 Å². The van der Waals surface area contributed by atoms with E-state index in [1.807, 2.05) is 36.9 Å². The van der Waals surface area contributed by atoms with Crippen LogP contribution in [0.2, 0.25) is 0 Å². The van der Waals surface area contributed by atoms with Gasteiger partial charge >= 0.3 is 0 Å². The maximum atomic E-state index is 12.8. The van der Waals surface area contributed by atoms with E-state index in [1.54, 1.807) is 0 Å². The van der Waals surface area contributed by atoms with E-state index in [0.29, 0.717) is 18.8 Å². The molecule has 1 aliphatic rings. The van der Waals surface area contributed by atoms with Gasteiger partial charge in [-0.2, -0.15) is 5.10 Å². The molecule has 188 valence electrons. The van der Waals surface area contributed by atoms with E-state index in [4.69, 9.17) is 0 Å². The molecule has 3 aromatic rings. The van der Waals surface area contributed by atoms with Gasteiger partial charge in [-0.05, 0) is 68.7 Å². The Kier molecular flexibility index (Phi) is 7.52. The topological polar surface area (TPSA) is 87.5 Å². The molecule has 0 saturated carbocycles. The van der Waals surface area contributed by atoms with Crippen LogP contribution in [-0.4, -0.2) is 52.7 Å². The molecule has 36 heavy (non-hydrogen) atoms. The number of hydrogen-bond donors (Lipinski definition) is 1. The fourth-order valence-corrected chi connectivity index (χ4v) is 4.46. The van der Waals surface area contributed by atoms with Crippen molar-refractivity contribution in [3.63, 3.8) is 0 Å². The van der Waals surface area contributed by atoms with Crippen molar-refractivity contribution >= 4 is 23.2 Å². The van der Waals surface area contributed by atoms with Crippen LogP contribution in [0.3, 0.4) is 0 Å². The Morgan fingerprint density at radius 1 is 0.861 bits per heavy atom. The Labute approximate surface area is 211 Å². The van der Waals surface area contributed by atoms with Crippen LogP contribution in [0.5, 0.6) is 0 Å². The average Bonchev–Trinajstić information content (AvgIpc) is 2.85. The van der Waals surface area contributed by atoms with Gasteiger partial charge in [-0.15, -0.1) is 0 Å². The zero-order valence-corrected chi connectivity index (χ0v) is 21.4. The highest BCUT2D eigenvalue weighted by molar-refractivity contribution is 6.02. The predicted octanol–water partition coefficient (Wildman–Crippen LogP) is 3.47. The normalized spacial score (nSPS) is 13.6. The van der Waals surface area contributed by atoms with Crippen molar-refractivity contribution in [1.82, 2.24) is 14.7 Å². The van der Waals surface area contributed by atoms with Crippen LogP contribution < -0.4 is 15.8 Å². The molecular weight excluding hydrogens is 454 g/mol. The van der Waals surface area contributed by atoms with Gasteiger partial charge in [-0.1, -0.05) is 23.8 Å². The summed E-state index contributed by atoms with van der Waals surface area (Å²) in [6, 6.07) is 14.8. The molecule has 2 amide bonds. The molecule has 4 rings (SSSR count). The molecule has 0 aliphatic carbocycles. The van der Waals surface area contributed by atoms with E-state index >= 15 is 0 Å². The minimum absolute atomic E-state index is 0.0195. The number of anilines is 2. The number of hydrogen-bond acceptors (Lipinski definition) is 5. The van der Waals surface area contributed by atoms with Gasteiger partial charge in [0.15, 0.2) is 0 Å². The molecule has 1 aliphatic heterocycles. The van der Waals surface area contributed by atoms with Crippen LogP contribution in [0.25, 0.3) is 0 Å². The second-order valence-electron chi connectivity index (χ2n) is 9.44. The summed E-state index contributed by atoms with van der Waals surface area (Å²) in [5.74, 6) is -0.421. The van der Waals surface area contributed by atoms with Crippen LogP contribution in [-0.2, 0) is 11.3 Å². The zero-order valence-electron chi connectivity index (χ0n) is 21.4.